The molecular formula is C12H15ClN2O2. The molecule has 1 aromatic rings. The molecule has 2 N–H and O–H groups in total. The van der Waals surface area contributed by atoms with Crippen LogP contribution >= 0.6 is 11.6 Å². The van der Waals surface area contributed by atoms with Gasteiger partial charge in [-0.3, -0.25) is 0 Å². The molecule has 17 heavy (non-hydrogen) atoms. The fourth-order valence-corrected chi connectivity index (χ4v) is 2.15. The Kier molecular flexibility index (Phi) is 3.86. The number of rotatable bonds is 2. The number of hydrogen-bond acceptors (Lipinski definition) is 2. The van der Waals surface area contributed by atoms with Gasteiger partial charge in [-0.05, 0) is 37.1 Å². The van der Waals surface area contributed by atoms with Gasteiger partial charge < -0.3 is 15.3 Å². The lowest BCUT2D eigenvalue weighted by molar-refractivity contribution is 0.166. The molecule has 1 aliphatic rings. The van der Waals surface area contributed by atoms with Crippen LogP contribution in [-0.2, 0) is 0 Å². The second kappa shape index (κ2) is 5.38. The first-order chi connectivity index (χ1) is 8.20. The average molecular weight is 255 g/mol. The minimum atomic E-state index is -0.163. The van der Waals surface area contributed by atoms with Gasteiger partial charge in [0.25, 0.3) is 0 Å². The zero-order chi connectivity index (χ0) is 12.3. The van der Waals surface area contributed by atoms with Gasteiger partial charge in [0.15, 0.2) is 0 Å². The number of aliphatic hydroxyl groups excluding tert-OH is 1. The van der Waals surface area contributed by atoms with E-state index < -0.39 is 0 Å². The van der Waals surface area contributed by atoms with Crippen molar-refractivity contribution in [2.45, 2.75) is 18.9 Å². The second-order valence-electron chi connectivity index (χ2n) is 4.11. The molecule has 0 radical (unpaired) electrons. The number of halogens is 1. The van der Waals surface area contributed by atoms with Gasteiger partial charge in [0.1, 0.15) is 0 Å². The molecule has 1 aromatic carbocycles. The average Bonchev–Trinajstić information content (AvgIpc) is 2.80. The maximum absolute atomic E-state index is 11.9. The molecule has 4 nitrogen and oxygen atoms in total. The molecule has 1 unspecified atom stereocenters. The normalized spacial score (nSPS) is 19.4. The maximum atomic E-state index is 11.9. The predicted molar refractivity (Wildman–Crippen MR) is 67.3 cm³/mol. The first-order valence-corrected chi connectivity index (χ1v) is 6.02. The van der Waals surface area contributed by atoms with Crippen molar-refractivity contribution in [2.24, 2.45) is 0 Å². The van der Waals surface area contributed by atoms with Gasteiger partial charge in [-0.15, -0.1) is 0 Å². The highest BCUT2D eigenvalue weighted by molar-refractivity contribution is 6.30. The molecule has 1 aliphatic heterocycles. The fraction of sp³-hybridized carbons (Fsp3) is 0.417. The van der Waals surface area contributed by atoms with Gasteiger partial charge in [0.05, 0.1) is 12.6 Å². The SMILES string of the molecule is O=C(Nc1ccc(Cl)cc1)N1CCCC1CO. The van der Waals surface area contributed by atoms with E-state index in [-0.39, 0.29) is 18.7 Å². The molecule has 1 saturated heterocycles. The van der Waals surface area contributed by atoms with Crippen LogP contribution in [0.2, 0.25) is 5.02 Å². The van der Waals surface area contributed by atoms with Gasteiger partial charge in [-0.1, -0.05) is 11.6 Å². The van der Waals surface area contributed by atoms with Crippen molar-refractivity contribution in [1.82, 2.24) is 4.90 Å². The van der Waals surface area contributed by atoms with Crippen LogP contribution in [0.3, 0.4) is 0 Å². The summed E-state index contributed by atoms with van der Waals surface area (Å²) in [5.74, 6) is 0. The lowest BCUT2D eigenvalue weighted by Gasteiger charge is -2.23. The number of anilines is 1. The monoisotopic (exact) mass is 254 g/mol. The molecule has 0 aromatic heterocycles. The van der Waals surface area contributed by atoms with Gasteiger partial charge in [-0.2, -0.15) is 0 Å². The third-order valence-corrected chi connectivity index (χ3v) is 3.20. The molecule has 2 rings (SSSR count). The zero-order valence-corrected chi connectivity index (χ0v) is 10.2. The maximum Gasteiger partial charge on any atom is 0.322 e. The Labute approximate surface area is 105 Å². The highest BCUT2D eigenvalue weighted by Crippen LogP contribution is 2.19. The van der Waals surface area contributed by atoms with Crippen molar-refractivity contribution in [3.63, 3.8) is 0 Å². The largest absolute Gasteiger partial charge is 0.394 e. The van der Waals surface area contributed by atoms with Gasteiger partial charge in [0, 0.05) is 17.3 Å². The van der Waals surface area contributed by atoms with E-state index in [1.165, 1.54) is 0 Å². The third-order valence-electron chi connectivity index (χ3n) is 2.94. The Morgan fingerprint density at radius 2 is 2.18 bits per heavy atom. The van der Waals surface area contributed by atoms with E-state index in [0.29, 0.717) is 17.3 Å². The van der Waals surface area contributed by atoms with Crippen LogP contribution in [0.1, 0.15) is 12.8 Å². The summed E-state index contributed by atoms with van der Waals surface area (Å²) in [6.45, 7) is 0.721. The van der Waals surface area contributed by atoms with Gasteiger partial charge in [-0.25, -0.2) is 4.79 Å². The number of nitrogens with one attached hydrogen (secondary N) is 1. The lowest BCUT2D eigenvalue weighted by Crippen LogP contribution is -2.40. The molecule has 1 fully saturated rings. The first kappa shape index (κ1) is 12.2. The second-order valence-corrected chi connectivity index (χ2v) is 4.55. The Balaban J connectivity index is 1.99. The van der Waals surface area contributed by atoms with Crippen LogP contribution < -0.4 is 5.32 Å². The van der Waals surface area contributed by atoms with Crippen molar-refractivity contribution >= 4 is 23.3 Å². The van der Waals surface area contributed by atoms with Crippen molar-refractivity contribution in [2.75, 3.05) is 18.5 Å². The predicted octanol–water partition coefficient (Wildman–Crippen LogP) is 2.33. The van der Waals surface area contributed by atoms with Gasteiger partial charge >= 0.3 is 6.03 Å². The summed E-state index contributed by atoms with van der Waals surface area (Å²) in [4.78, 5) is 13.6. The van der Waals surface area contributed by atoms with Gasteiger partial charge in [0.2, 0.25) is 0 Å². The molecule has 5 heteroatoms. The molecule has 2 amide bonds. The van der Waals surface area contributed by atoms with Crippen LogP contribution in [-0.4, -0.2) is 35.2 Å². The first-order valence-electron chi connectivity index (χ1n) is 5.65. The fourth-order valence-electron chi connectivity index (χ4n) is 2.02. The summed E-state index contributed by atoms with van der Waals surface area (Å²) < 4.78 is 0. The van der Waals surface area contributed by atoms with E-state index in [0.717, 1.165) is 12.8 Å². The molecule has 0 spiro atoms. The summed E-state index contributed by atoms with van der Waals surface area (Å²) in [5.41, 5.74) is 0.711. The number of benzene rings is 1. The van der Waals surface area contributed by atoms with Crippen LogP contribution in [0.25, 0.3) is 0 Å². The summed E-state index contributed by atoms with van der Waals surface area (Å²) in [7, 11) is 0. The number of urea groups is 1. The number of amides is 2. The van der Waals surface area contributed by atoms with Crippen molar-refractivity contribution < 1.29 is 9.90 Å². The van der Waals surface area contributed by atoms with E-state index in [9.17, 15) is 4.79 Å². The molecule has 1 heterocycles. The Hall–Kier alpha value is -1.26. The molecule has 0 aliphatic carbocycles. The highest BCUT2D eigenvalue weighted by atomic mass is 35.5. The number of likely N-dealkylation sites (tertiary alicyclic amines) is 1. The summed E-state index contributed by atoms with van der Waals surface area (Å²) in [6, 6.07) is 6.75. The number of hydrogen-bond donors (Lipinski definition) is 2. The van der Waals surface area contributed by atoms with E-state index in [1.807, 2.05) is 0 Å². The minimum absolute atomic E-state index is 0.0219. The zero-order valence-electron chi connectivity index (χ0n) is 9.40. The minimum Gasteiger partial charge on any atom is -0.394 e. The van der Waals surface area contributed by atoms with Crippen LogP contribution in [0.5, 0.6) is 0 Å². The molecule has 0 saturated carbocycles. The van der Waals surface area contributed by atoms with Crippen molar-refractivity contribution in [3.05, 3.63) is 29.3 Å². The summed E-state index contributed by atoms with van der Waals surface area (Å²) >= 11 is 5.76. The Morgan fingerprint density at radius 1 is 1.47 bits per heavy atom. The van der Waals surface area contributed by atoms with E-state index in [4.69, 9.17) is 16.7 Å². The standard InChI is InChI=1S/C12H15ClN2O2/c13-9-3-5-10(6-4-9)14-12(17)15-7-1-2-11(15)8-16/h3-6,11,16H,1-2,7-8H2,(H,14,17). The summed E-state index contributed by atoms with van der Waals surface area (Å²) in [5, 5.41) is 12.6. The summed E-state index contributed by atoms with van der Waals surface area (Å²) in [6.07, 6.45) is 1.81. The van der Waals surface area contributed by atoms with Crippen LogP contribution in [0.15, 0.2) is 24.3 Å². The molecule has 1 atom stereocenters. The van der Waals surface area contributed by atoms with E-state index >= 15 is 0 Å². The quantitative estimate of drug-likeness (QED) is 0.851. The van der Waals surface area contributed by atoms with Crippen LogP contribution in [0.4, 0.5) is 10.5 Å². The number of nitrogens with zero attached hydrogens (tertiary/aromatic N) is 1. The smallest absolute Gasteiger partial charge is 0.322 e. The third kappa shape index (κ3) is 2.90. The Morgan fingerprint density at radius 3 is 2.82 bits per heavy atom. The topological polar surface area (TPSA) is 52.6 Å². The lowest BCUT2D eigenvalue weighted by atomic mass is 10.2. The number of carbonyl (C=O) groups is 1. The molecule has 0 bridgehead atoms. The Bertz CT molecular complexity index is 394. The highest BCUT2D eigenvalue weighted by Gasteiger charge is 2.27. The number of carbonyl (C=O) groups excluding carboxylic acids is 1. The number of aliphatic hydroxyl groups is 1. The van der Waals surface area contributed by atoms with Crippen molar-refractivity contribution in [1.29, 1.82) is 0 Å². The van der Waals surface area contributed by atoms with Crippen molar-refractivity contribution in [3.8, 4) is 0 Å². The molecular weight excluding hydrogens is 240 g/mol. The van der Waals surface area contributed by atoms with E-state index in [2.05, 4.69) is 5.32 Å². The van der Waals surface area contributed by atoms with E-state index in [1.54, 1.807) is 29.2 Å². The molecule has 92 valence electrons. The van der Waals surface area contributed by atoms with Crippen LogP contribution in [0, 0.1) is 0 Å².